The van der Waals surface area contributed by atoms with Gasteiger partial charge in [-0.25, -0.2) is 9.59 Å². The third kappa shape index (κ3) is 4.87. The fourth-order valence-electron chi connectivity index (χ4n) is 5.03. The number of alkyl carbamates (subject to hydrolysis) is 1. The van der Waals surface area contributed by atoms with E-state index in [1.807, 2.05) is 24.3 Å². The summed E-state index contributed by atoms with van der Waals surface area (Å²) in [4.78, 5) is 36.7. The minimum Gasteiger partial charge on any atom is -0.480 e. The highest BCUT2D eigenvalue weighted by molar-refractivity contribution is 5.86. The van der Waals surface area contributed by atoms with Gasteiger partial charge in [0.1, 0.15) is 12.6 Å². The van der Waals surface area contributed by atoms with E-state index in [9.17, 15) is 19.5 Å². The number of rotatable bonds is 7. The Hall–Kier alpha value is -3.35. The lowest BCUT2D eigenvalue weighted by atomic mass is 9.83. The van der Waals surface area contributed by atoms with Gasteiger partial charge in [0.15, 0.2) is 0 Å². The molecule has 33 heavy (non-hydrogen) atoms. The van der Waals surface area contributed by atoms with Crippen molar-refractivity contribution in [3.8, 4) is 11.1 Å². The van der Waals surface area contributed by atoms with Gasteiger partial charge in [-0.15, -0.1) is 0 Å². The average Bonchev–Trinajstić information content (AvgIpc) is 3.15. The molecule has 7 nitrogen and oxygen atoms in total. The van der Waals surface area contributed by atoms with Crippen LogP contribution in [0.2, 0.25) is 0 Å². The number of hydrogen-bond donors (Lipinski definition) is 3. The predicted octanol–water partition coefficient (Wildman–Crippen LogP) is 4.06. The van der Waals surface area contributed by atoms with Crippen LogP contribution >= 0.6 is 0 Å². The Kier molecular flexibility index (Phi) is 6.96. The van der Waals surface area contributed by atoms with E-state index in [1.165, 1.54) is 0 Å². The molecule has 0 radical (unpaired) electrons. The molecular weight excluding hydrogens is 420 g/mol. The summed E-state index contributed by atoms with van der Waals surface area (Å²) in [6, 6.07) is 15.0. The summed E-state index contributed by atoms with van der Waals surface area (Å²) in [5.74, 6) is -1.88. The summed E-state index contributed by atoms with van der Waals surface area (Å²) in [5, 5.41) is 14.7. The summed E-state index contributed by atoms with van der Waals surface area (Å²) in [6.07, 6.45) is 2.78. The number of carboxylic acids is 1. The number of nitrogens with one attached hydrogen (secondary N) is 2. The number of ether oxygens (including phenoxy) is 1. The molecule has 3 N–H and O–H groups in total. The molecule has 0 saturated heterocycles. The topological polar surface area (TPSA) is 105 Å². The molecule has 3 unspecified atom stereocenters. The summed E-state index contributed by atoms with van der Waals surface area (Å²) in [6.45, 7) is 1.92. The predicted molar refractivity (Wildman–Crippen MR) is 124 cm³/mol. The monoisotopic (exact) mass is 450 g/mol. The number of carbonyl (C=O) groups excluding carboxylic acids is 2. The fourth-order valence-corrected chi connectivity index (χ4v) is 5.03. The van der Waals surface area contributed by atoms with Gasteiger partial charge in [0, 0.05) is 12.0 Å². The minimum absolute atomic E-state index is 0.0329. The lowest BCUT2D eigenvalue weighted by Crippen LogP contribution is -2.51. The third-order valence-corrected chi connectivity index (χ3v) is 6.77. The molecule has 0 aliphatic heterocycles. The maximum Gasteiger partial charge on any atom is 0.407 e. The number of fused-ring (bicyclic) bond motifs is 3. The fraction of sp³-hybridized carbons (Fsp3) is 0.423. The van der Waals surface area contributed by atoms with Crippen molar-refractivity contribution in [1.82, 2.24) is 10.6 Å². The first kappa shape index (κ1) is 22.8. The Labute approximate surface area is 193 Å². The molecule has 4 rings (SSSR count). The molecule has 0 aromatic heterocycles. The maximum atomic E-state index is 12.7. The van der Waals surface area contributed by atoms with Crippen LogP contribution in [0.3, 0.4) is 0 Å². The van der Waals surface area contributed by atoms with Crippen molar-refractivity contribution >= 4 is 18.0 Å². The Morgan fingerprint density at radius 3 is 2.21 bits per heavy atom. The first-order valence-corrected chi connectivity index (χ1v) is 11.6. The molecule has 2 aliphatic carbocycles. The maximum absolute atomic E-state index is 12.7. The van der Waals surface area contributed by atoms with Crippen molar-refractivity contribution in [1.29, 1.82) is 0 Å². The van der Waals surface area contributed by atoms with Crippen molar-refractivity contribution in [2.45, 2.75) is 57.0 Å². The van der Waals surface area contributed by atoms with Gasteiger partial charge in [-0.05, 0) is 41.5 Å². The van der Waals surface area contributed by atoms with E-state index < -0.39 is 24.0 Å². The largest absolute Gasteiger partial charge is 0.480 e. The lowest BCUT2D eigenvalue weighted by molar-refractivity contribution is -0.143. The van der Waals surface area contributed by atoms with Crippen LogP contribution in [0.25, 0.3) is 11.1 Å². The van der Waals surface area contributed by atoms with Crippen LogP contribution in [-0.2, 0) is 14.3 Å². The molecule has 1 saturated carbocycles. The van der Waals surface area contributed by atoms with Crippen LogP contribution in [0.5, 0.6) is 0 Å². The quantitative estimate of drug-likeness (QED) is 0.590. The normalized spacial score (nSPS) is 20.3. The van der Waals surface area contributed by atoms with Crippen molar-refractivity contribution in [3.63, 3.8) is 0 Å². The SMILES string of the molecule is CCC(NC(=O)C1CCCCC1NC(=O)OCC1c2ccccc2-c2ccccc21)C(=O)O. The number of carbonyl (C=O) groups is 3. The molecular formula is C26H30N2O5. The van der Waals surface area contributed by atoms with Gasteiger partial charge >= 0.3 is 12.1 Å². The second-order valence-corrected chi connectivity index (χ2v) is 8.77. The zero-order valence-electron chi connectivity index (χ0n) is 18.8. The molecule has 0 spiro atoms. The van der Waals surface area contributed by atoms with Gasteiger partial charge in [-0.1, -0.05) is 68.3 Å². The Bertz CT molecular complexity index is 991. The Balaban J connectivity index is 1.39. The average molecular weight is 451 g/mol. The van der Waals surface area contributed by atoms with Crippen LogP contribution in [0, 0.1) is 5.92 Å². The van der Waals surface area contributed by atoms with E-state index >= 15 is 0 Å². The molecule has 7 heteroatoms. The first-order valence-electron chi connectivity index (χ1n) is 11.6. The van der Waals surface area contributed by atoms with Crippen LogP contribution in [0.15, 0.2) is 48.5 Å². The van der Waals surface area contributed by atoms with Gasteiger partial charge < -0.3 is 20.5 Å². The summed E-state index contributed by atoms with van der Waals surface area (Å²) in [7, 11) is 0. The van der Waals surface area contributed by atoms with E-state index in [0.717, 1.165) is 35.1 Å². The molecule has 1 fully saturated rings. The van der Waals surface area contributed by atoms with Crippen molar-refractivity contribution in [3.05, 3.63) is 59.7 Å². The van der Waals surface area contributed by atoms with Crippen LogP contribution in [-0.4, -0.2) is 41.8 Å². The van der Waals surface area contributed by atoms with E-state index in [0.29, 0.717) is 19.3 Å². The second-order valence-electron chi connectivity index (χ2n) is 8.77. The van der Waals surface area contributed by atoms with Gasteiger partial charge in [0.25, 0.3) is 0 Å². The number of hydrogen-bond acceptors (Lipinski definition) is 4. The van der Waals surface area contributed by atoms with Gasteiger partial charge in [0.05, 0.1) is 5.92 Å². The van der Waals surface area contributed by atoms with Gasteiger partial charge in [-0.3, -0.25) is 4.79 Å². The van der Waals surface area contributed by atoms with Crippen molar-refractivity contribution < 1.29 is 24.2 Å². The van der Waals surface area contributed by atoms with E-state index in [2.05, 4.69) is 34.9 Å². The summed E-state index contributed by atoms with van der Waals surface area (Å²) in [5.41, 5.74) is 4.60. The molecule has 174 valence electrons. The molecule has 0 heterocycles. The Morgan fingerprint density at radius 2 is 1.61 bits per heavy atom. The molecule has 2 amide bonds. The van der Waals surface area contributed by atoms with Crippen LogP contribution in [0.4, 0.5) is 4.79 Å². The summed E-state index contributed by atoms with van der Waals surface area (Å²) < 4.78 is 5.64. The highest BCUT2D eigenvalue weighted by Crippen LogP contribution is 2.44. The molecule has 2 aliphatic rings. The zero-order chi connectivity index (χ0) is 23.4. The van der Waals surface area contributed by atoms with Crippen molar-refractivity contribution in [2.75, 3.05) is 6.61 Å². The molecule has 3 atom stereocenters. The van der Waals surface area contributed by atoms with Crippen molar-refractivity contribution in [2.24, 2.45) is 5.92 Å². The van der Waals surface area contributed by atoms with Crippen LogP contribution < -0.4 is 10.6 Å². The number of carboxylic acid groups (broad SMARTS) is 1. The van der Waals surface area contributed by atoms with E-state index in [-0.39, 0.29) is 24.5 Å². The summed E-state index contributed by atoms with van der Waals surface area (Å²) >= 11 is 0. The third-order valence-electron chi connectivity index (χ3n) is 6.77. The van der Waals surface area contributed by atoms with E-state index in [4.69, 9.17) is 4.74 Å². The number of benzene rings is 2. The highest BCUT2D eigenvalue weighted by atomic mass is 16.5. The first-order chi connectivity index (χ1) is 16.0. The van der Waals surface area contributed by atoms with Gasteiger partial charge in [0.2, 0.25) is 5.91 Å². The van der Waals surface area contributed by atoms with Crippen LogP contribution in [0.1, 0.15) is 56.1 Å². The number of aliphatic carboxylic acids is 1. The minimum atomic E-state index is -1.05. The second kappa shape index (κ2) is 10.1. The molecule has 2 aromatic rings. The number of amides is 2. The van der Waals surface area contributed by atoms with Gasteiger partial charge in [-0.2, -0.15) is 0 Å². The smallest absolute Gasteiger partial charge is 0.407 e. The van der Waals surface area contributed by atoms with E-state index in [1.54, 1.807) is 6.92 Å². The zero-order valence-corrected chi connectivity index (χ0v) is 18.8. The molecule has 0 bridgehead atoms. The standard InChI is InChI=1S/C26H30N2O5/c1-2-22(25(30)31)27-24(29)20-13-7-8-14-23(20)28-26(32)33-15-21-18-11-5-3-9-16(18)17-10-4-6-12-19(17)21/h3-6,9-12,20-23H,2,7-8,13-15H2,1H3,(H,27,29)(H,28,32)(H,30,31). The molecule has 2 aromatic carbocycles. The highest BCUT2D eigenvalue weighted by Gasteiger charge is 2.35. The lowest BCUT2D eigenvalue weighted by Gasteiger charge is -2.31. The Morgan fingerprint density at radius 1 is 1.00 bits per heavy atom.